The van der Waals surface area contributed by atoms with Gasteiger partial charge >= 0.3 is 5.56 Å². The van der Waals surface area contributed by atoms with E-state index in [0.717, 1.165) is 12.8 Å². The Hall–Kier alpha value is -2.50. The first-order valence-corrected chi connectivity index (χ1v) is 12.4. The SMILES string of the molecule is CC(C)S(=O)(=O)N1CCN(c2cnn(-c3ccccn3)c(=O)c2OCC2CCCO2)CC1. The molecule has 10 nitrogen and oxygen atoms in total. The van der Waals surface area contributed by atoms with E-state index in [1.807, 2.05) is 4.90 Å². The lowest BCUT2D eigenvalue weighted by molar-refractivity contribution is 0.0673. The van der Waals surface area contributed by atoms with E-state index in [0.29, 0.717) is 44.3 Å². The van der Waals surface area contributed by atoms with Gasteiger partial charge in [-0.25, -0.2) is 13.4 Å². The van der Waals surface area contributed by atoms with Crippen molar-refractivity contribution in [3.05, 3.63) is 40.9 Å². The van der Waals surface area contributed by atoms with Crippen molar-refractivity contribution in [1.29, 1.82) is 0 Å². The van der Waals surface area contributed by atoms with Gasteiger partial charge in [0.25, 0.3) is 0 Å². The van der Waals surface area contributed by atoms with Crippen LogP contribution in [0.4, 0.5) is 5.69 Å². The van der Waals surface area contributed by atoms with Crippen LogP contribution in [0.2, 0.25) is 0 Å². The minimum Gasteiger partial charge on any atom is -0.483 e. The molecule has 174 valence electrons. The van der Waals surface area contributed by atoms with E-state index in [9.17, 15) is 13.2 Å². The molecule has 0 amide bonds. The van der Waals surface area contributed by atoms with E-state index in [4.69, 9.17) is 9.47 Å². The highest BCUT2D eigenvalue weighted by Gasteiger charge is 2.31. The number of aromatic nitrogens is 3. The monoisotopic (exact) mass is 463 g/mol. The Balaban J connectivity index is 1.61. The van der Waals surface area contributed by atoms with Gasteiger partial charge in [-0.05, 0) is 38.8 Å². The molecule has 0 spiro atoms. The molecule has 2 aliphatic heterocycles. The molecule has 2 saturated heterocycles. The molecule has 0 aromatic carbocycles. The number of piperazine rings is 1. The maximum absolute atomic E-state index is 13.3. The first-order chi connectivity index (χ1) is 15.4. The van der Waals surface area contributed by atoms with Crippen molar-refractivity contribution in [1.82, 2.24) is 19.1 Å². The van der Waals surface area contributed by atoms with Gasteiger partial charge in [0.1, 0.15) is 12.3 Å². The van der Waals surface area contributed by atoms with Gasteiger partial charge in [0.2, 0.25) is 15.8 Å². The van der Waals surface area contributed by atoms with Gasteiger partial charge in [-0.3, -0.25) is 4.79 Å². The van der Waals surface area contributed by atoms with E-state index in [2.05, 4.69) is 10.1 Å². The van der Waals surface area contributed by atoms with Crippen LogP contribution in [0.25, 0.3) is 5.82 Å². The Labute approximate surface area is 187 Å². The highest BCUT2D eigenvalue weighted by molar-refractivity contribution is 7.89. The molecule has 0 radical (unpaired) electrons. The standard InChI is InChI=1S/C21H29N5O5S/c1-16(2)32(28,29)25-11-9-24(10-12-25)18-14-23-26(19-7-3-4-8-22-19)21(27)20(18)31-15-17-6-5-13-30-17/h3-4,7-8,14,16-17H,5-6,9-13,15H2,1-2H3. The van der Waals surface area contributed by atoms with Crippen molar-refractivity contribution in [2.75, 3.05) is 44.3 Å². The van der Waals surface area contributed by atoms with Gasteiger partial charge in [-0.2, -0.15) is 14.1 Å². The van der Waals surface area contributed by atoms with E-state index in [-0.39, 0.29) is 18.5 Å². The third kappa shape index (κ3) is 4.64. The van der Waals surface area contributed by atoms with E-state index >= 15 is 0 Å². The average molecular weight is 464 g/mol. The van der Waals surface area contributed by atoms with Crippen molar-refractivity contribution in [3.8, 4) is 11.6 Å². The van der Waals surface area contributed by atoms with E-state index in [1.165, 1.54) is 8.99 Å². The van der Waals surface area contributed by atoms with Crippen LogP contribution in [0.3, 0.4) is 0 Å². The van der Waals surface area contributed by atoms with Crippen molar-refractivity contribution in [3.63, 3.8) is 0 Å². The van der Waals surface area contributed by atoms with Crippen molar-refractivity contribution < 1.29 is 17.9 Å². The fourth-order valence-corrected chi connectivity index (χ4v) is 5.13. The second-order valence-corrected chi connectivity index (χ2v) is 10.7. The summed E-state index contributed by atoms with van der Waals surface area (Å²) in [5, 5.41) is 3.85. The lowest BCUT2D eigenvalue weighted by Crippen LogP contribution is -2.50. The Bertz CT molecular complexity index is 1080. The lowest BCUT2D eigenvalue weighted by Gasteiger charge is -2.36. The molecule has 2 aromatic heterocycles. The highest BCUT2D eigenvalue weighted by atomic mass is 32.2. The van der Waals surface area contributed by atoms with Crippen LogP contribution in [-0.2, 0) is 14.8 Å². The molecule has 2 aromatic rings. The summed E-state index contributed by atoms with van der Waals surface area (Å²) in [7, 11) is -3.32. The van der Waals surface area contributed by atoms with Gasteiger partial charge < -0.3 is 14.4 Å². The third-order valence-electron chi connectivity index (χ3n) is 5.75. The molecule has 2 aliphatic rings. The summed E-state index contributed by atoms with van der Waals surface area (Å²) in [5.41, 5.74) is 0.151. The highest BCUT2D eigenvalue weighted by Crippen LogP contribution is 2.27. The maximum Gasteiger partial charge on any atom is 0.317 e. The first-order valence-electron chi connectivity index (χ1n) is 10.9. The smallest absolute Gasteiger partial charge is 0.317 e. The van der Waals surface area contributed by atoms with Gasteiger partial charge in [0.15, 0.2) is 5.82 Å². The zero-order valence-electron chi connectivity index (χ0n) is 18.4. The van der Waals surface area contributed by atoms with E-state index in [1.54, 1.807) is 44.4 Å². The van der Waals surface area contributed by atoms with Crippen LogP contribution in [0.15, 0.2) is 35.4 Å². The van der Waals surface area contributed by atoms with Crippen LogP contribution in [0.1, 0.15) is 26.7 Å². The van der Waals surface area contributed by atoms with Crippen LogP contribution in [0, 0.1) is 0 Å². The molecular formula is C21H29N5O5S. The zero-order valence-corrected chi connectivity index (χ0v) is 19.2. The van der Waals surface area contributed by atoms with Crippen molar-refractivity contribution in [2.24, 2.45) is 0 Å². The molecule has 2 fully saturated rings. The first kappa shape index (κ1) is 22.7. The van der Waals surface area contributed by atoms with Crippen LogP contribution >= 0.6 is 0 Å². The van der Waals surface area contributed by atoms with Crippen molar-refractivity contribution >= 4 is 15.7 Å². The Morgan fingerprint density at radius 3 is 2.62 bits per heavy atom. The molecule has 0 aliphatic carbocycles. The summed E-state index contributed by atoms with van der Waals surface area (Å²) >= 11 is 0. The second kappa shape index (κ2) is 9.55. The predicted octanol–water partition coefficient (Wildman–Crippen LogP) is 1.05. The minimum atomic E-state index is -3.32. The molecule has 4 heterocycles. The molecule has 11 heteroatoms. The summed E-state index contributed by atoms with van der Waals surface area (Å²) in [6, 6.07) is 5.25. The number of ether oxygens (including phenoxy) is 2. The van der Waals surface area contributed by atoms with E-state index < -0.39 is 20.8 Å². The predicted molar refractivity (Wildman–Crippen MR) is 120 cm³/mol. The average Bonchev–Trinajstić information content (AvgIpc) is 3.32. The summed E-state index contributed by atoms with van der Waals surface area (Å²) in [6.07, 6.45) is 5.00. The number of pyridine rings is 1. The number of anilines is 1. The molecule has 0 bridgehead atoms. The fourth-order valence-electron chi connectivity index (χ4n) is 3.87. The topological polar surface area (TPSA) is 107 Å². The normalized spacial score (nSPS) is 20.1. The summed E-state index contributed by atoms with van der Waals surface area (Å²) < 4.78 is 39.4. The Morgan fingerprint density at radius 1 is 1.22 bits per heavy atom. The summed E-state index contributed by atoms with van der Waals surface area (Å²) in [5.74, 6) is 0.584. The van der Waals surface area contributed by atoms with Gasteiger partial charge in [-0.15, -0.1) is 0 Å². The third-order valence-corrected chi connectivity index (χ3v) is 8.03. The molecule has 0 saturated carbocycles. The number of hydrogen-bond acceptors (Lipinski definition) is 8. The van der Waals surface area contributed by atoms with Gasteiger partial charge in [0, 0.05) is 39.0 Å². The summed E-state index contributed by atoms with van der Waals surface area (Å²) in [6.45, 7) is 5.90. The van der Waals surface area contributed by atoms with Gasteiger partial charge in [-0.1, -0.05) is 6.07 Å². The maximum atomic E-state index is 13.3. The quantitative estimate of drug-likeness (QED) is 0.600. The molecule has 32 heavy (non-hydrogen) atoms. The molecular weight excluding hydrogens is 434 g/mol. The lowest BCUT2D eigenvalue weighted by atomic mass is 10.2. The number of nitrogens with zero attached hydrogens (tertiary/aromatic N) is 5. The number of sulfonamides is 1. The fraction of sp³-hybridized carbons (Fsp3) is 0.571. The van der Waals surface area contributed by atoms with Crippen LogP contribution in [0.5, 0.6) is 5.75 Å². The Kier molecular flexibility index (Phi) is 6.77. The molecule has 4 rings (SSSR count). The van der Waals surface area contributed by atoms with Gasteiger partial charge in [0.05, 0.1) is 17.6 Å². The zero-order chi connectivity index (χ0) is 22.7. The van der Waals surface area contributed by atoms with Crippen LogP contribution < -0.4 is 15.2 Å². The molecule has 0 N–H and O–H groups in total. The number of rotatable bonds is 7. The molecule has 1 unspecified atom stereocenters. The second-order valence-electron chi connectivity index (χ2n) is 8.19. The summed E-state index contributed by atoms with van der Waals surface area (Å²) in [4.78, 5) is 19.5. The minimum absolute atomic E-state index is 0.0493. The molecule has 1 atom stereocenters. The van der Waals surface area contributed by atoms with Crippen molar-refractivity contribution in [2.45, 2.75) is 38.0 Å². The largest absolute Gasteiger partial charge is 0.483 e. The number of hydrogen-bond donors (Lipinski definition) is 0. The Morgan fingerprint density at radius 2 is 2.00 bits per heavy atom. The van der Waals surface area contributed by atoms with Crippen LogP contribution in [-0.4, -0.2) is 78.2 Å².